The number of nitrogens with one attached hydrogen (secondary N) is 1. The second-order valence-electron chi connectivity index (χ2n) is 4.50. The Bertz CT molecular complexity index is 651. The maximum atomic E-state index is 12.0. The fourth-order valence-corrected chi connectivity index (χ4v) is 1.83. The molecule has 1 amide bonds. The number of aryl methyl sites for hydroxylation is 1. The summed E-state index contributed by atoms with van der Waals surface area (Å²) in [6.07, 6.45) is 0.452. The number of nitrogens with zero attached hydrogens (tertiary/aromatic N) is 1. The molecule has 0 bridgehead atoms. The maximum absolute atomic E-state index is 12.0. The molecule has 1 aromatic carbocycles. The van der Waals surface area contributed by atoms with Gasteiger partial charge in [-0.15, -0.1) is 0 Å². The van der Waals surface area contributed by atoms with Crippen molar-refractivity contribution in [1.82, 2.24) is 5.32 Å². The molecule has 0 spiro atoms. The Kier molecular flexibility index (Phi) is 4.34. The molecule has 0 aliphatic heterocycles. The lowest BCUT2D eigenvalue weighted by atomic mass is 10.1. The second-order valence-corrected chi connectivity index (χ2v) is 4.50. The summed E-state index contributed by atoms with van der Waals surface area (Å²) in [5.74, 6) is -0.145. The van der Waals surface area contributed by atoms with Crippen LogP contribution < -0.4 is 5.32 Å². The first-order valence-electron chi connectivity index (χ1n) is 6.23. The Labute approximate surface area is 120 Å². The third kappa shape index (κ3) is 3.46. The number of benzene rings is 1. The van der Waals surface area contributed by atoms with Crippen LogP contribution >= 0.6 is 0 Å². The van der Waals surface area contributed by atoms with E-state index in [2.05, 4.69) is 5.32 Å². The number of rotatable bonds is 5. The summed E-state index contributed by atoms with van der Waals surface area (Å²) in [4.78, 5) is 22.2. The molecule has 0 aliphatic rings. The molecule has 0 saturated carbocycles. The number of carbonyl (C=O) groups excluding carboxylic acids is 1. The highest BCUT2D eigenvalue weighted by atomic mass is 16.6. The molecule has 21 heavy (non-hydrogen) atoms. The van der Waals surface area contributed by atoms with Crippen molar-refractivity contribution in [1.29, 1.82) is 0 Å². The Morgan fingerprint density at radius 1 is 1.48 bits per heavy atom. The van der Waals surface area contributed by atoms with E-state index in [-0.39, 0.29) is 17.8 Å². The maximum Gasteiger partial charge on any atom is 0.270 e. The Balaban J connectivity index is 2.06. The van der Waals surface area contributed by atoms with E-state index in [1.165, 1.54) is 24.5 Å². The van der Waals surface area contributed by atoms with Crippen LogP contribution in [0, 0.1) is 17.0 Å². The smallest absolute Gasteiger partial charge is 0.270 e. The van der Waals surface area contributed by atoms with Crippen molar-refractivity contribution < 1.29 is 19.2 Å². The lowest BCUT2D eigenvalue weighted by Crippen LogP contribution is -2.28. The molecule has 0 saturated heterocycles. The van der Waals surface area contributed by atoms with Crippen molar-refractivity contribution in [2.75, 3.05) is 6.54 Å². The fraction of sp³-hybridized carbons (Fsp3) is 0.214. The van der Waals surface area contributed by atoms with E-state index in [9.17, 15) is 20.0 Å². The number of aliphatic hydroxyl groups is 1. The van der Waals surface area contributed by atoms with Crippen LogP contribution in [0.15, 0.2) is 41.0 Å². The lowest BCUT2D eigenvalue weighted by molar-refractivity contribution is -0.384. The van der Waals surface area contributed by atoms with Crippen LogP contribution in [0.3, 0.4) is 0 Å². The summed E-state index contributed by atoms with van der Waals surface area (Å²) in [7, 11) is 0. The molecule has 7 heteroatoms. The molecule has 2 N–H and O–H groups in total. The van der Waals surface area contributed by atoms with E-state index >= 15 is 0 Å². The second kappa shape index (κ2) is 6.19. The minimum atomic E-state index is -0.969. The van der Waals surface area contributed by atoms with Gasteiger partial charge in [0.05, 0.1) is 17.7 Å². The summed E-state index contributed by atoms with van der Waals surface area (Å²) >= 11 is 0. The summed E-state index contributed by atoms with van der Waals surface area (Å²) in [6.45, 7) is 1.63. The van der Waals surface area contributed by atoms with E-state index in [0.717, 1.165) is 0 Å². The molecule has 0 fully saturated rings. The largest absolute Gasteiger partial charge is 0.467 e. The van der Waals surface area contributed by atoms with Crippen molar-refractivity contribution in [3.8, 4) is 0 Å². The van der Waals surface area contributed by atoms with Gasteiger partial charge in [-0.25, -0.2) is 0 Å². The number of nitro benzene ring substituents is 1. The normalized spacial score (nSPS) is 11.9. The van der Waals surface area contributed by atoms with Crippen LogP contribution in [-0.4, -0.2) is 22.5 Å². The number of aliphatic hydroxyl groups excluding tert-OH is 1. The average molecular weight is 290 g/mol. The van der Waals surface area contributed by atoms with Crippen LogP contribution in [0.5, 0.6) is 0 Å². The number of furan rings is 1. The van der Waals surface area contributed by atoms with Crippen LogP contribution in [0.25, 0.3) is 0 Å². The summed E-state index contributed by atoms with van der Waals surface area (Å²) < 4.78 is 5.02. The summed E-state index contributed by atoms with van der Waals surface area (Å²) in [6, 6.07) is 7.28. The van der Waals surface area contributed by atoms with Gasteiger partial charge < -0.3 is 14.8 Å². The lowest BCUT2D eigenvalue weighted by Gasteiger charge is -2.10. The predicted octanol–water partition coefficient (Wildman–Crippen LogP) is 1.96. The van der Waals surface area contributed by atoms with E-state index in [1.807, 2.05) is 0 Å². The quantitative estimate of drug-likeness (QED) is 0.646. The highest BCUT2D eigenvalue weighted by Crippen LogP contribution is 2.18. The third-order valence-corrected chi connectivity index (χ3v) is 3.00. The van der Waals surface area contributed by atoms with E-state index in [0.29, 0.717) is 11.3 Å². The Morgan fingerprint density at radius 3 is 2.86 bits per heavy atom. The number of nitro groups is 1. The highest BCUT2D eigenvalue weighted by molar-refractivity contribution is 5.96. The van der Waals surface area contributed by atoms with Gasteiger partial charge in [-0.05, 0) is 24.6 Å². The van der Waals surface area contributed by atoms with Gasteiger partial charge in [0, 0.05) is 17.7 Å². The van der Waals surface area contributed by atoms with Crippen molar-refractivity contribution in [3.63, 3.8) is 0 Å². The molecule has 110 valence electrons. The van der Waals surface area contributed by atoms with Gasteiger partial charge in [0.1, 0.15) is 11.9 Å². The van der Waals surface area contributed by atoms with Crippen LogP contribution in [0.1, 0.15) is 27.8 Å². The molecule has 2 aromatic rings. The monoisotopic (exact) mass is 290 g/mol. The van der Waals surface area contributed by atoms with Crippen LogP contribution in [0.2, 0.25) is 0 Å². The molecular formula is C14H14N2O5. The molecule has 1 atom stereocenters. The van der Waals surface area contributed by atoms with Gasteiger partial charge in [0.15, 0.2) is 0 Å². The molecule has 1 aromatic heterocycles. The van der Waals surface area contributed by atoms with Gasteiger partial charge in [-0.1, -0.05) is 6.07 Å². The highest BCUT2D eigenvalue weighted by Gasteiger charge is 2.17. The van der Waals surface area contributed by atoms with E-state index in [4.69, 9.17) is 4.42 Å². The van der Waals surface area contributed by atoms with Gasteiger partial charge >= 0.3 is 0 Å². The number of amides is 1. The van der Waals surface area contributed by atoms with E-state index < -0.39 is 16.9 Å². The van der Waals surface area contributed by atoms with Crippen molar-refractivity contribution in [3.05, 3.63) is 63.6 Å². The molecule has 7 nitrogen and oxygen atoms in total. The van der Waals surface area contributed by atoms with Gasteiger partial charge in [-0.3, -0.25) is 14.9 Å². The molecule has 0 radical (unpaired) electrons. The first-order chi connectivity index (χ1) is 9.99. The predicted molar refractivity (Wildman–Crippen MR) is 73.8 cm³/mol. The first kappa shape index (κ1) is 14.7. The van der Waals surface area contributed by atoms with Crippen molar-refractivity contribution >= 4 is 11.6 Å². The Hall–Kier alpha value is -2.67. The summed E-state index contributed by atoms with van der Waals surface area (Å²) in [5.41, 5.74) is 0.666. The van der Waals surface area contributed by atoms with Gasteiger partial charge in [0.2, 0.25) is 0 Å². The molecule has 1 unspecified atom stereocenters. The van der Waals surface area contributed by atoms with Crippen LogP contribution in [-0.2, 0) is 0 Å². The van der Waals surface area contributed by atoms with Crippen LogP contribution in [0.4, 0.5) is 5.69 Å². The van der Waals surface area contributed by atoms with E-state index in [1.54, 1.807) is 19.1 Å². The Morgan fingerprint density at radius 2 is 2.24 bits per heavy atom. The fourth-order valence-electron chi connectivity index (χ4n) is 1.83. The molecule has 1 heterocycles. The number of carbonyl (C=O) groups is 1. The van der Waals surface area contributed by atoms with Crippen molar-refractivity contribution in [2.24, 2.45) is 0 Å². The molecular weight excluding hydrogens is 276 g/mol. The van der Waals surface area contributed by atoms with Gasteiger partial charge in [0.25, 0.3) is 11.6 Å². The standard InChI is InChI=1S/C14H14N2O5/c1-9-4-5-10(16(19)20)7-11(9)14(18)15-8-12(17)13-3-2-6-21-13/h2-7,12,17H,8H2,1H3,(H,15,18). The number of hydrogen-bond acceptors (Lipinski definition) is 5. The van der Waals surface area contributed by atoms with Gasteiger partial charge in [-0.2, -0.15) is 0 Å². The van der Waals surface area contributed by atoms with Crippen molar-refractivity contribution in [2.45, 2.75) is 13.0 Å². The zero-order valence-corrected chi connectivity index (χ0v) is 11.3. The SMILES string of the molecule is Cc1ccc([N+](=O)[O-])cc1C(=O)NCC(O)c1ccco1. The molecule has 2 rings (SSSR count). The minimum absolute atomic E-state index is 0.0471. The summed E-state index contributed by atoms with van der Waals surface area (Å²) in [5, 5.41) is 23.1. The first-order valence-corrected chi connectivity index (χ1v) is 6.23. The average Bonchev–Trinajstić information content (AvgIpc) is 2.98. The third-order valence-electron chi connectivity index (χ3n) is 3.00. The molecule has 0 aliphatic carbocycles. The topological polar surface area (TPSA) is 106 Å². The zero-order chi connectivity index (χ0) is 15.4. The zero-order valence-electron chi connectivity index (χ0n) is 11.3. The number of non-ortho nitro benzene ring substituents is 1. The number of hydrogen-bond donors (Lipinski definition) is 2. The minimum Gasteiger partial charge on any atom is -0.467 e.